The minimum Gasteiger partial charge on any atom is -0.376 e. The second kappa shape index (κ2) is 3.71. The van der Waals surface area contributed by atoms with Crippen molar-refractivity contribution in [3.63, 3.8) is 0 Å². The highest BCUT2D eigenvalue weighted by atomic mass is 16.3. The molecule has 1 aliphatic rings. The zero-order chi connectivity index (χ0) is 10.0. The largest absolute Gasteiger partial charge is 0.376 e. The number of hydrogen-bond acceptors (Lipinski definition) is 2. The molecular weight excluding hydrogens is 174 g/mol. The Labute approximate surface area is 85.2 Å². The van der Waals surface area contributed by atoms with Gasteiger partial charge in [-0.15, -0.1) is 0 Å². The van der Waals surface area contributed by atoms with Gasteiger partial charge in [-0.3, -0.25) is 4.90 Å². The Kier molecular flexibility index (Phi) is 2.57. The first-order chi connectivity index (χ1) is 6.68. The standard InChI is InChI=1S/C12H17NO/c1-12(14)8-5-9-13(12)10-11-6-3-2-4-7-11/h2-4,6-7,14H,5,8-10H2,1H3. The van der Waals surface area contributed by atoms with E-state index in [1.54, 1.807) is 0 Å². The lowest BCUT2D eigenvalue weighted by atomic mass is 10.1. The van der Waals surface area contributed by atoms with E-state index in [9.17, 15) is 5.11 Å². The summed E-state index contributed by atoms with van der Waals surface area (Å²) in [4.78, 5) is 2.14. The molecule has 0 aromatic heterocycles. The topological polar surface area (TPSA) is 23.5 Å². The molecule has 1 aromatic rings. The zero-order valence-electron chi connectivity index (χ0n) is 8.61. The average molecular weight is 191 g/mol. The normalized spacial score (nSPS) is 28.1. The van der Waals surface area contributed by atoms with Crippen molar-refractivity contribution in [1.82, 2.24) is 4.90 Å². The monoisotopic (exact) mass is 191 g/mol. The highest BCUT2D eigenvalue weighted by molar-refractivity contribution is 5.14. The van der Waals surface area contributed by atoms with Crippen molar-refractivity contribution < 1.29 is 5.11 Å². The van der Waals surface area contributed by atoms with E-state index in [1.165, 1.54) is 5.56 Å². The molecule has 0 aliphatic carbocycles. The average Bonchev–Trinajstić information content (AvgIpc) is 2.48. The van der Waals surface area contributed by atoms with E-state index < -0.39 is 5.72 Å². The van der Waals surface area contributed by atoms with Crippen LogP contribution in [0, 0.1) is 0 Å². The van der Waals surface area contributed by atoms with Gasteiger partial charge in [-0.05, 0) is 25.3 Å². The predicted molar refractivity (Wildman–Crippen MR) is 56.7 cm³/mol. The molecule has 1 saturated heterocycles. The number of aliphatic hydroxyl groups is 1. The van der Waals surface area contributed by atoms with Crippen LogP contribution >= 0.6 is 0 Å². The summed E-state index contributed by atoms with van der Waals surface area (Å²) in [6.07, 6.45) is 1.99. The molecule has 1 N–H and O–H groups in total. The summed E-state index contributed by atoms with van der Waals surface area (Å²) in [5.41, 5.74) is 0.671. The first kappa shape index (κ1) is 9.69. The molecular formula is C12H17NO. The molecule has 0 radical (unpaired) electrons. The molecule has 1 unspecified atom stereocenters. The highest BCUT2D eigenvalue weighted by Gasteiger charge is 2.33. The van der Waals surface area contributed by atoms with E-state index in [0.717, 1.165) is 25.9 Å². The number of rotatable bonds is 2. The van der Waals surface area contributed by atoms with E-state index in [0.29, 0.717) is 0 Å². The predicted octanol–water partition coefficient (Wildman–Crippen LogP) is 1.99. The molecule has 2 rings (SSSR count). The lowest BCUT2D eigenvalue weighted by Crippen LogP contribution is -2.40. The second-order valence-corrected chi connectivity index (χ2v) is 4.23. The third kappa shape index (κ3) is 1.97. The van der Waals surface area contributed by atoms with E-state index in [-0.39, 0.29) is 0 Å². The van der Waals surface area contributed by atoms with Crippen molar-refractivity contribution in [3.8, 4) is 0 Å². The van der Waals surface area contributed by atoms with Gasteiger partial charge in [-0.25, -0.2) is 0 Å². The summed E-state index contributed by atoms with van der Waals surface area (Å²) < 4.78 is 0. The number of hydrogen-bond donors (Lipinski definition) is 1. The van der Waals surface area contributed by atoms with Crippen LogP contribution in [0.25, 0.3) is 0 Å². The molecule has 1 aliphatic heterocycles. The molecule has 0 saturated carbocycles. The van der Waals surface area contributed by atoms with Crippen LogP contribution in [0.3, 0.4) is 0 Å². The first-order valence-corrected chi connectivity index (χ1v) is 5.20. The van der Waals surface area contributed by atoms with Crippen molar-refractivity contribution >= 4 is 0 Å². The Balaban J connectivity index is 2.05. The Morgan fingerprint density at radius 2 is 2.07 bits per heavy atom. The Morgan fingerprint density at radius 3 is 2.64 bits per heavy atom. The molecule has 76 valence electrons. The Bertz CT molecular complexity index is 294. The van der Waals surface area contributed by atoms with Crippen LogP contribution in [0.2, 0.25) is 0 Å². The number of nitrogens with zero attached hydrogens (tertiary/aromatic N) is 1. The van der Waals surface area contributed by atoms with Crippen LogP contribution in [0.5, 0.6) is 0 Å². The van der Waals surface area contributed by atoms with E-state index in [4.69, 9.17) is 0 Å². The summed E-state index contributed by atoms with van der Waals surface area (Å²) in [6.45, 7) is 3.76. The fourth-order valence-corrected chi connectivity index (χ4v) is 2.06. The minimum atomic E-state index is -0.601. The fourth-order valence-electron chi connectivity index (χ4n) is 2.06. The van der Waals surface area contributed by atoms with Crippen molar-refractivity contribution in [1.29, 1.82) is 0 Å². The highest BCUT2D eigenvalue weighted by Crippen LogP contribution is 2.27. The van der Waals surface area contributed by atoms with E-state index >= 15 is 0 Å². The van der Waals surface area contributed by atoms with Gasteiger partial charge in [0.05, 0.1) is 0 Å². The number of benzene rings is 1. The molecule has 2 heteroatoms. The second-order valence-electron chi connectivity index (χ2n) is 4.23. The summed E-state index contributed by atoms with van der Waals surface area (Å²) >= 11 is 0. The summed E-state index contributed by atoms with van der Waals surface area (Å²) in [5, 5.41) is 10.0. The minimum absolute atomic E-state index is 0.601. The lowest BCUT2D eigenvalue weighted by Gasteiger charge is -2.29. The van der Waals surface area contributed by atoms with Crippen molar-refractivity contribution in [3.05, 3.63) is 35.9 Å². The summed E-state index contributed by atoms with van der Waals surface area (Å²) in [7, 11) is 0. The van der Waals surface area contributed by atoms with Crippen LogP contribution in [0.15, 0.2) is 30.3 Å². The van der Waals surface area contributed by atoms with Crippen molar-refractivity contribution in [2.75, 3.05) is 6.54 Å². The Morgan fingerprint density at radius 1 is 1.36 bits per heavy atom. The SMILES string of the molecule is CC1(O)CCCN1Cc1ccccc1. The van der Waals surface area contributed by atoms with Crippen LogP contribution < -0.4 is 0 Å². The molecule has 14 heavy (non-hydrogen) atoms. The zero-order valence-corrected chi connectivity index (χ0v) is 8.61. The van der Waals surface area contributed by atoms with Crippen LogP contribution in [-0.4, -0.2) is 22.3 Å². The molecule has 1 heterocycles. The van der Waals surface area contributed by atoms with Gasteiger partial charge in [0.15, 0.2) is 0 Å². The maximum Gasteiger partial charge on any atom is 0.116 e. The van der Waals surface area contributed by atoms with E-state index in [2.05, 4.69) is 17.0 Å². The molecule has 1 fully saturated rings. The van der Waals surface area contributed by atoms with Gasteiger partial charge < -0.3 is 5.11 Å². The third-order valence-electron chi connectivity index (χ3n) is 2.98. The van der Waals surface area contributed by atoms with Gasteiger partial charge in [0.2, 0.25) is 0 Å². The van der Waals surface area contributed by atoms with E-state index in [1.807, 2.05) is 25.1 Å². The quantitative estimate of drug-likeness (QED) is 0.772. The summed E-state index contributed by atoms with van der Waals surface area (Å²) in [6, 6.07) is 10.3. The van der Waals surface area contributed by atoms with Gasteiger partial charge in [0.25, 0.3) is 0 Å². The molecule has 0 bridgehead atoms. The maximum absolute atomic E-state index is 10.0. The number of likely N-dealkylation sites (tertiary alicyclic amines) is 1. The Hall–Kier alpha value is -0.860. The van der Waals surface area contributed by atoms with Crippen LogP contribution in [-0.2, 0) is 6.54 Å². The van der Waals surface area contributed by atoms with Gasteiger partial charge >= 0.3 is 0 Å². The molecule has 1 atom stereocenters. The maximum atomic E-state index is 10.0. The van der Waals surface area contributed by atoms with Gasteiger partial charge in [0.1, 0.15) is 5.72 Å². The lowest BCUT2D eigenvalue weighted by molar-refractivity contribution is -0.0687. The third-order valence-corrected chi connectivity index (χ3v) is 2.98. The van der Waals surface area contributed by atoms with Crippen molar-refractivity contribution in [2.24, 2.45) is 0 Å². The van der Waals surface area contributed by atoms with Crippen molar-refractivity contribution in [2.45, 2.75) is 32.0 Å². The molecule has 2 nitrogen and oxygen atoms in total. The first-order valence-electron chi connectivity index (χ1n) is 5.20. The smallest absolute Gasteiger partial charge is 0.116 e. The van der Waals surface area contributed by atoms with Gasteiger partial charge in [-0.2, -0.15) is 0 Å². The van der Waals surface area contributed by atoms with Gasteiger partial charge in [0, 0.05) is 13.1 Å². The molecule has 0 spiro atoms. The van der Waals surface area contributed by atoms with Gasteiger partial charge in [-0.1, -0.05) is 30.3 Å². The molecule has 1 aromatic carbocycles. The molecule has 0 amide bonds. The fraction of sp³-hybridized carbons (Fsp3) is 0.500. The summed E-state index contributed by atoms with van der Waals surface area (Å²) in [5.74, 6) is 0. The van der Waals surface area contributed by atoms with Crippen LogP contribution in [0.1, 0.15) is 25.3 Å². The van der Waals surface area contributed by atoms with Crippen LogP contribution in [0.4, 0.5) is 0 Å².